The van der Waals surface area contributed by atoms with Crippen LogP contribution in [0.1, 0.15) is 26.7 Å². The Bertz CT molecular complexity index is 461. The van der Waals surface area contributed by atoms with Crippen LogP contribution in [0.25, 0.3) is 0 Å². The molecular weight excluding hydrogens is 300 g/mol. The van der Waals surface area contributed by atoms with Gasteiger partial charge in [0.25, 0.3) is 0 Å². The van der Waals surface area contributed by atoms with E-state index in [1.165, 1.54) is 6.07 Å². The molecule has 2 unspecified atom stereocenters. The zero-order valence-electron chi connectivity index (χ0n) is 11.8. The van der Waals surface area contributed by atoms with Gasteiger partial charge in [0.2, 0.25) is 0 Å². The summed E-state index contributed by atoms with van der Waals surface area (Å²) in [6.45, 7) is 6.15. The minimum atomic E-state index is -0.570. The first-order valence-corrected chi connectivity index (χ1v) is 7.75. The molecule has 0 amide bonds. The average Bonchev–Trinajstić information content (AvgIpc) is 2.91. The van der Waals surface area contributed by atoms with Crippen molar-refractivity contribution in [1.29, 1.82) is 0 Å². The maximum Gasteiger partial charge on any atom is 0.185 e. The number of halogens is 3. The molecule has 0 radical (unpaired) electrons. The number of benzene rings is 1. The summed E-state index contributed by atoms with van der Waals surface area (Å²) in [5.41, 5.74) is 0. The standard InChI is InChI=1S/C15H20Cl2FNO/c1-9(2)7-13(10-5-6-19-8-10)20-15-12(17)4-3-11(16)14(15)18/h3-4,9-10,13,19H,5-8H2,1-2H3. The third-order valence-electron chi connectivity index (χ3n) is 3.60. The van der Waals surface area contributed by atoms with Gasteiger partial charge in [-0.3, -0.25) is 0 Å². The predicted molar refractivity (Wildman–Crippen MR) is 81.3 cm³/mol. The van der Waals surface area contributed by atoms with Crippen molar-refractivity contribution in [2.45, 2.75) is 32.8 Å². The van der Waals surface area contributed by atoms with Crippen molar-refractivity contribution < 1.29 is 9.13 Å². The maximum atomic E-state index is 14.1. The number of hydrogen-bond acceptors (Lipinski definition) is 2. The third kappa shape index (κ3) is 3.78. The summed E-state index contributed by atoms with van der Waals surface area (Å²) in [5.74, 6) is 0.365. The molecule has 112 valence electrons. The number of rotatable bonds is 5. The van der Waals surface area contributed by atoms with Crippen molar-refractivity contribution >= 4 is 23.2 Å². The first kappa shape index (κ1) is 15.9. The van der Waals surface area contributed by atoms with Gasteiger partial charge in [-0.05, 0) is 37.4 Å². The first-order chi connectivity index (χ1) is 9.49. The monoisotopic (exact) mass is 319 g/mol. The SMILES string of the molecule is CC(C)CC(Oc1c(Cl)ccc(Cl)c1F)C1CCNC1. The van der Waals surface area contributed by atoms with Gasteiger partial charge >= 0.3 is 0 Å². The van der Waals surface area contributed by atoms with E-state index in [9.17, 15) is 4.39 Å². The second-order valence-corrected chi connectivity index (χ2v) is 6.53. The molecule has 2 nitrogen and oxygen atoms in total. The van der Waals surface area contributed by atoms with E-state index in [2.05, 4.69) is 19.2 Å². The molecule has 1 heterocycles. The Labute approximate surface area is 129 Å². The molecule has 1 aromatic carbocycles. The maximum absolute atomic E-state index is 14.1. The van der Waals surface area contributed by atoms with E-state index < -0.39 is 5.82 Å². The van der Waals surface area contributed by atoms with Crippen molar-refractivity contribution in [1.82, 2.24) is 5.32 Å². The number of ether oxygens (including phenoxy) is 1. The van der Waals surface area contributed by atoms with Crippen LogP contribution in [0.4, 0.5) is 4.39 Å². The van der Waals surface area contributed by atoms with Gasteiger partial charge < -0.3 is 10.1 Å². The lowest BCUT2D eigenvalue weighted by atomic mass is 9.93. The molecule has 1 saturated heterocycles. The molecule has 2 atom stereocenters. The average molecular weight is 320 g/mol. The van der Waals surface area contributed by atoms with E-state index in [4.69, 9.17) is 27.9 Å². The van der Waals surface area contributed by atoms with Crippen molar-refractivity contribution in [3.63, 3.8) is 0 Å². The van der Waals surface area contributed by atoms with Crippen molar-refractivity contribution in [3.05, 3.63) is 28.0 Å². The topological polar surface area (TPSA) is 21.3 Å². The van der Waals surface area contributed by atoms with Crippen LogP contribution in [0, 0.1) is 17.7 Å². The van der Waals surface area contributed by atoms with Crippen LogP contribution in [-0.2, 0) is 0 Å². The smallest absolute Gasteiger partial charge is 0.185 e. The van der Waals surface area contributed by atoms with Gasteiger partial charge in [-0.2, -0.15) is 0 Å². The first-order valence-electron chi connectivity index (χ1n) is 7.00. The summed E-state index contributed by atoms with van der Waals surface area (Å²) in [6.07, 6.45) is 1.86. The van der Waals surface area contributed by atoms with Crippen molar-refractivity contribution in [3.8, 4) is 5.75 Å². The molecule has 1 aliphatic rings. The van der Waals surface area contributed by atoms with Crippen LogP contribution in [0.15, 0.2) is 12.1 Å². The molecular formula is C15H20Cl2FNO. The van der Waals surface area contributed by atoms with E-state index in [0.717, 1.165) is 25.9 Å². The summed E-state index contributed by atoms with van der Waals surface area (Å²) in [5, 5.41) is 3.63. The fourth-order valence-corrected chi connectivity index (χ4v) is 2.90. The van der Waals surface area contributed by atoms with Crippen LogP contribution >= 0.6 is 23.2 Å². The van der Waals surface area contributed by atoms with Crippen LogP contribution in [-0.4, -0.2) is 19.2 Å². The third-order valence-corrected chi connectivity index (χ3v) is 4.19. The molecule has 1 aliphatic heterocycles. The molecule has 5 heteroatoms. The highest BCUT2D eigenvalue weighted by molar-refractivity contribution is 6.34. The van der Waals surface area contributed by atoms with Gasteiger partial charge in [-0.1, -0.05) is 37.0 Å². The summed E-state index contributed by atoms with van der Waals surface area (Å²) < 4.78 is 20.0. The van der Waals surface area contributed by atoms with Gasteiger partial charge in [0.15, 0.2) is 11.6 Å². The fraction of sp³-hybridized carbons (Fsp3) is 0.600. The second kappa shape index (κ2) is 6.97. The molecule has 0 aliphatic carbocycles. The second-order valence-electron chi connectivity index (χ2n) is 5.71. The molecule has 0 saturated carbocycles. The molecule has 0 bridgehead atoms. The van der Waals surface area contributed by atoms with Crippen LogP contribution < -0.4 is 10.1 Å². The lowest BCUT2D eigenvalue weighted by Gasteiger charge is -2.26. The minimum absolute atomic E-state index is 0.0391. The molecule has 0 aromatic heterocycles. The summed E-state index contributed by atoms with van der Waals surface area (Å²) in [4.78, 5) is 0. The summed E-state index contributed by atoms with van der Waals surface area (Å²) in [7, 11) is 0. The van der Waals surface area contributed by atoms with Gasteiger partial charge in [-0.15, -0.1) is 0 Å². The Balaban J connectivity index is 2.20. The molecule has 1 N–H and O–H groups in total. The molecule has 2 rings (SSSR count). The lowest BCUT2D eigenvalue weighted by Crippen LogP contribution is -2.30. The Kier molecular flexibility index (Phi) is 5.53. The van der Waals surface area contributed by atoms with Gasteiger partial charge in [0, 0.05) is 12.5 Å². The molecule has 1 fully saturated rings. The zero-order chi connectivity index (χ0) is 14.7. The van der Waals surface area contributed by atoms with Crippen molar-refractivity contribution in [2.75, 3.05) is 13.1 Å². The Hall–Kier alpha value is -0.510. The van der Waals surface area contributed by atoms with E-state index in [1.54, 1.807) is 6.07 Å². The zero-order valence-corrected chi connectivity index (χ0v) is 13.3. The summed E-state index contributed by atoms with van der Waals surface area (Å²) in [6, 6.07) is 3.02. The molecule has 20 heavy (non-hydrogen) atoms. The molecule has 1 aromatic rings. The Morgan fingerprint density at radius 3 is 2.65 bits per heavy atom. The quantitative estimate of drug-likeness (QED) is 0.805. The Morgan fingerprint density at radius 2 is 2.05 bits per heavy atom. The fourth-order valence-electron chi connectivity index (χ4n) is 2.56. The van der Waals surface area contributed by atoms with Gasteiger partial charge in [0.1, 0.15) is 6.10 Å². The Morgan fingerprint density at radius 1 is 1.35 bits per heavy atom. The van der Waals surface area contributed by atoms with E-state index in [0.29, 0.717) is 11.8 Å². The lowest BCUT2D eigenvalue weighted by molar-refractivity contribution is 0.114. The predicted octanol–water partition coefficient (Wildman–Crippen LogP) is 4.54. The van der Waals surface area contributed by atoms with Gasteiger partial charge in [0.05, 0.1) is 10.0 Å². The highest BCUT2D eigenvalue weighted by Crippen LogP contribution is 2.35. The number of nitrogens with one attached hydrogen (secondary N) is 1. The normalized spacial score (nSPS) is 20.4. The van der Waals surface area contributed by atoms with Crippen molar-refractivity contribution in [2.24, 2.45) is 11.8 Å². The van der Waals surface area contributed by atoms with Gasteiger partial charge in [-0.25, -0.2) is 4.39 Å². The highest BCUT2D eigenvalue weighted by atomic mass is 35.5. The molecule has 0 spiro atoms. The van der Waals surface area contributed by atoms with Crippen LogP contribution in [0.2, 0.25) is 10.0 Å². The minimum Gasteiger partial charge on any atom is -0.485 e. The van der Waals surface area contributed by atoms with E-state index >= 15 is 0 Å². The van der Waals surface area contributed by atoms with Crippen LogP contribution in [0.3, 0.4) is 0 Å². The highest BCUT2D eigenvalue weighted by Gasteiger charge is 2.29. The van der Waals surface area contributed by atoms with E-state index in [-0.39, 0.29) is 21.9 Å². The van der Waals surface area contributed by atoms with Crippen LogP contribution in [0.5, 0.6) is 5.75 Å². The largest absolute Gasteiger partial charge is 0.485 e. The number of hydrogen-bond donors (Lipinski definition) is 1. The summed E-state index contributed by atoms with van der Waals surface area (Å²) >= 11 is 11.9. The van der Waals surface area contributed by atoms with E-state index in [1.807, 2.05) is 0 Å².